The molecule has 1 heterocycles. The minimum absolute atomic E-state index is 0.111. The number of halogens is 3. The van der Waals surface area contributed by atoms with Gasteiger partial charge < -0.3 is 5.32 Å². The molecule has 0 unspecified atom stereocenters. The standard InChI is InChI=1S/C18H21F3N2O/c1-2-3-7-10-22-17(24)15-12-23(13-16(15)18(19,20)21)11-14-8-5-4-6-9-14/h1,4-6,8-9,15-16H,3,7,10-13H2,(H,22,24)/t15-,16-/m1/s1. The van der Waals surface area contributed by atoms with E-state index in [9.17, 15) is 18.0 Å². The van der Waals surface area contributed by atoms with Crippen molar-refractivity contribution in [1.29, 1.82) is 0 Å². The number of hydrogen-bond acceptors (Lipinski definition) is 2. The summed E-state index contributed by atoms with van der Waals surface area (Å²) in [5.41, 5.74) is 0.938. The molecule has 1 aromatic carbocycles. The molecule has 1 aliphatic heterocycles. The van der Waals surface area contributed by atoms with Crippen LogP contribution in [0.4, 0.5) is 13.2 Å². The van der Waals surface area contributed by atoms with Gasteiger partial charge in [0, 0.05) is 32.6 Å². The van der Waals surface area contributed by atoms with E-state index < -0.39 is 23.9 Å². The Morgan fingerprint density at radius 3 is 2.62 bits per heavy atom. The van der Waals surface area contributed by atoms with Crippen molar-refractivity contribution in [2.75, 3.05) is 19.6 Å². The maximum absolute atomic E-state index is 13.3. The van der Waals surface area contributed by atoms with E-state index in [4.69, 9.17) is 6.42 Å². The van der Waals surface area contributed by atoms with E-state index in [0.717, 1.165) is 5.56 Å². The van der Waals surface area contributed by atoms with E-state index >= 15 is 0 Å². The number of alkyl halides is 3. The fourth-order valence-corrected chi connectivity index (χ4v) is 2.99. The number of benzene rings is 1. The van der Waals surface area contributed by atoms with Gasteiger partial charge in [0.05, 0.1) is 11.8 Å². The molecule has 0 radical (unpaired) electrons. The van der Waals surface area contributed by atoms with Crippen molar-refractivity contribution >= 4 is 5.91 Å². The first kappa shape index (κ1) is 18.3. The van der Waals surface area contributed by atoms with Crippen LogP contribution in [0.1, 0.15) is 18.4 Å². The normalized spacial score (nSPS) is 21.4. The maximum atomic E-state index is 13.3. The quantitative estimate of drug-likeness (QED) is 0.639. The maximum Gasteiger partial charge on any atom is 0.393 e. The average molecular weight is 338 g/mol. The second-order valence-electron chi connectivity index (χ2n) is 6.03. The number of hydrogen-bond donors (Lipinski definition) is 1. The van der Waals surface area contributed by atoms with Gasteiger partial charge in [-0.15, -0.1) is 12.3 Å². The molecule has 2 rings (SSSR count). The number of likely N-dealkylation sites (tertiary alicyclic amines) is 1. The molecule has 1 N–H and O–H groups in total. The van der Waals surface area contributed by atoms with Crippen molar-refractivity contribution in [1.82, 2.24) is 10.2 Å². The lowest BCUT2D eigenvalue weighted by atomic mass is 9.94. The highest BCUT2D eigenvalue weighted by molar-refractivity contribution is 5.79. The van der Waals surface area contributed by atoms with Crippen molar-refractivity contribution < 1.29 is 18.0 Å². The van der Waals surface area contributed by atoms with Gasteiger partial charge in [0.1, 0.15) is 0 Å². The topological polar surface area (TPSA) is 32.3 Å². The second-order valence-corrected chi connectivity index (χ2v) is 6.03. The van der Waals surface area contributed by atoms with Crippen LogP contribution in [-0.2, 0) is 11.3 Å². The summed E-state index contributed by atoms with van der Waals surface area (Å²) < 4.78 is 39.9. The number of rotatable bonds is 6. The van der Waals surface area contributed by atoms with Gasteiger partial charge in [-0.3, -0.25) is 9.69 Å². The zero-order valence-corrected chi connectivity index (χ0v) is 13.4. The van der Waals surface area contributed by atoms with E-state index in [-0.39, 0.29) is 13.1 Å². The van der Waals surface area contributed by atoms with Gasteiger partial charge in [0.15, 0.2) is 0 Å². The van der Waals surface area contributed by atoms with Crippen LogP contribution in [0.15, 0.2) is 30.3 Å². The summed E-state index contributed by atoms with van der Waals surface area (Å²) in [6.07, 6.45) is 1.80. The number of carbonyl (C=O) groups excluding carboxylic acids is 1. The van der Waals surface area contributed by atoms with Crippen LogP contribution in [-0.4, -0.2) is 36.6 Å². The number of unbranched alkanes of at least 4 members (excludes halogenated alkanes) is 1. The van der Waals surface area contributed by atoms with Gasteiger partial charge in [0.2, 0.25) is 5.91 Å². The Kier molecular flexibility index (Phi) is 6.27. The highest BCUT2D eigenvalue weighted by atomic mass is 19.4. The molecule has 1 aromatic rings. The first-order valence-electron chi connectivity index (χ1n) is 7.96. The third-order valence-electron chi connectivity index (χ3n) is 4.20. The van der Waals surface area contributed by atoms with Crippen LogP contribution in [0.25, 0.3) is 0 Å². The first-order valence-corrected chi connectivity index (χ1v) is 7.96. The van der Waals surface area contributed by atoms with E-state index in [1.165, 1.54) is 0 Å². The van der Waals surface area contributed by atoms with Crippen molar-refractivity contribution in [2.45, 2.75) is 25.6 Å². The van der Waals surface area contributed by atoms with E-state index in [2.05, 4.69) is 11.2 Å². The fourth-order valence-electron chi connectivity index (χ4n) is 2.99. The lowest BCUT2D eigenvalue weighted by Gasteiger charge is -2.20. The molecule has 0 spiro atoms. The Hall–Kier alpha value is -2.00. The average Bonchev–Trinajstić information content (AvgIpc) is 2.96. The molecule has 0 aromatic heterocycles. The first-order chi connectivity index (χ1) is 11.4. The summed E-state index contributed by atoms with van der Waals surface area (Å²) in [6, 6.07) is 9.30. The highest BCUT2D eigenvalue weighted by Crippen LogP contribution is 2.38. The third-order valence-corrected chi connectivity index (χ3v) is 4.20. The summed E-state index contributed by atoms with van der Waals surface area (Å²) >= 11 is 0. The lowest BCUT2D eigenvalue weighted by molar-refractivity contribution is -0.183. The minimum Gasteiger partial charge on any atom is -0.356 e. The zero-order chi connectivity index (χ0) is 17.6. The van der Waals surface area contributed by atoms with Crippen molar-refractivity contribution in [2.24, 2.45) is 11.8 Å². The Balaban J connectivity index is 1.99. The Bertz CT molecular complexity index is 580. The predicted octanol–water partition coefficient (Wildman–Crippen LogP) is 2.83. The van der Waals surface area contributed by atoms with Crippen LogP contribution in [0.2, 0.25) is 0 Å². The Morgan fingerprint density at radius 2 is 2.00 bits per heavy atom. The van der Waals surface area contributed by atoms with Crippen LogP contribution in [0, 0.1) is 24.2 Å². The fraction of sp³-hybridized carbons (Fsp3) is 0.500. The summed E-state index contributed by atoms with van der Waals surface area (Å²) in [6.45, 7) is 0.679. The second kappa shape index (κ2) is 8.20. The van der Waals surface area contributed by atoms with E-state index in [1.807, 2.05) is 30.3 Å². The molecule has 0 saturated carbocycles. The molecule has 130 valence electrons. The van der Waals surface area contributed by atoms with E-state index in [1.54, 1.807) is 4.90 Å². The molecule has 2 atom stereocenters. The summed E-state index contributed by atoms with van der Waals surface area (Å²) in [4.78, 5) is 13.9. The summed E-state index contributed by atoms with van der Waals surface area (Å²) in [5.74, 6) is -0.799. The van der Waals surface area contributed by atoms with E-state index in [0.29, 0.717) is 25.9 Å². The van der Waals surface area contributed by atoms with Gasteiger partial charge in [-0.05, 0) is 12.0 Å². The smallest absolute Gasteiger partial charge is 0.356 e. The molecule has 6 heteroatoms. The van der Waals surface area contributed by atoms with Crippen LogP contribution >= 0.6 is 0 Å². The molecule has 1 aliphatic rings. The highest BCUT2D eigenvalue weighted by Gasteiger charge is 2.52. The van der Waals surface area contributed by atoms with Crippen LogP contribution in [0.5, 0.6) is 0 Å². The molecular formula is C18H21F3N2O. The largest absolute Gasteiger partial charge is 0.393 e. The molecule has 3 nitrogen and oxygen atoms in total. The number of amides is 1. The van der Waals surface area contributed by atoms with Crippen molar-refractivity contribution in [3.8, 4) is 12.3 Å². The van der Waals surface area contributed by atoms with Gasteiger partial charge in [0.25, 0.3) is 0 Å². The minimum atomic E-state index is -4.38. The summed E-state index contributed by atoms with van der Waals surface area (Å²) in [7, 11) is 0. The van der Waals surface area contributed by atoms with Crippen LogP contribution < -0.4 is 5.32 Å². The van der Waals surface area contributed by atoms with Gasteiger partial charge in [-0.25, -0.2) is 0 Å². The number of nitrogens with one attached hydrogen (secondary N) is 1. The monoisotopic (exact) mass is 338 g/mol. The SMILES string of the molecule is C#CCCCNC(=O)[C@@H]1CN(Cc2ccccc2)C[C@H]1C(F)(F)F. The molecular weight excluding hydrogens is 317 g/mol. The van der Waals surface area contributed by atoms with Crippen molar-refractivity contribution in [3.05, 3.63) is 35.9 Å². The molecule has 1 saturated heterocycles. The van der Waals surface area contributed by atoms with Gasteiger partial charge in [-0.2, -0.15) is 13.2 Å². The van der Waals surface area contributed by atoms with Crippen molar-refractivity contribution in [3.63, 3.8) is 0 Å². The van der Waals surface area contributed by atoms with Crippen LogP contribution in [0.3, 0.4) is 0 Å². The molecule has 1 amide bonds. The Morgan fingerprint density at radius 1 is 1.29 bits per heavy atom. The molecule has 1 fully saturated rings. The van der Waals surface area contributed by atoms with Gasteiger partial charge in [-0.1, -0.05) is 30.3 Å². The Labute approximate surface area is 140 Å². The van der Waals surface area contributed by atoms with Gasteiger partial charge >= 0.3 is 6.18 Å². The molecule has 0 aliphatic carbocycles. The zero-order valence-electron chi connectivity index (χ0n) is 13.4. The molecule has 0 bridgehead atoms. The number of terminal acetylenes is 1. The number of nitrogens with zero attached hydrogens (tertiary/aromatic N) is 1. The predicted molar refractivity (Wildman–Crippen MR) is 85.8 cm³/mol. The summed E-state index contributed by atoms with van der Waals surface area (Å²) in [5, 5.41) is 2.58. The third kappa shape index (κ3) is 5.00. The lowest BCUT2D eigenvalue weighted by Crippen LogP contribution is -2.40. The molecule has 24 heavy (non-hydrogen) atoms. The number of carbonyl (C=O) groups is 1.